The second-order valence-corrected chi connectivity index (χ2v) is 7.04. The summed E-state index contributed by atoms with van der Waals surface area (Å²) in [5.74, 6) is 0.0429. The van der Waals surface area contributed by atoms with Crippen molar-refractivity contribution in [3.05, 3.63) is 59.9 Å². The number of amides is 1. The lowest BCUT2D eigenvalue weighted by molar-refractivity contribution is 0.0977. The minimum Gasteiger partial charge on any atom is -0.372 e. The number of anilines is 2. The fourth-order valence-electron chi connectivity index (χ4n) is 2.96. The van der Waals surface area contributed by atoms with E-state index in [-0.39, 0.29) is 16.8 Å². The highest BCUT2D eigenvalue weighted by molar-refractivity contribution is 7.80. The summed E-state index contributed by atoms with van der Waals surface area (Å²) in [6, 6.07) is 13.3. The third-order valence-corrected chi connectivity index (χ3v) is 4.81. The molecule has 1 heterocycles. The first kappa shape index (κ1) is 18.3. The molecule has 1 amide bonds. The summed E-state index contributed by atoms with van der Waals surface area (Å²) in [5.41, 5.74) is 2.36. The van der Waals surface area contributed by atoms with Gasteiger partial charge in [-0.05, 0) is 79.5 Å². The highest BCUT2D eigenvalue weighted by Crippen LogP contribution is 2.24. The molecule has 6 heteroatoms. The van der Waals surface area contributed by atoms with Crippen molar-refractivity contribution in [3.63, 3.8) is 0 Å². The third-order valence-electron chi connectivity index (χ3n) is 4.61. The third kappa shape index (κ3) is 4.79. The van der Waals surface area contributed by atoms with Crippen LogP contribution in [0.25, 0.3) is 0 Å². The first-order valence-corrected chi connectivity index (χ1v) is 9.15. The van der Waals surface area contributed by atoms with Crippen molar-refractivity contribution in [2.45, 2.75) is 19.8 Å². The lowest BCUT2D eigenvalue weighted by Crippen LogP contribution is -2.34. The normalized spacial score (nSPS) is 14.8. The van der Waals surface area contributed by atoms with Crippen LogP contribution in [0.1, 0.15) is 30.1 Å². The molecule has 2 aromatic carbocycles. The molecular formula is C20H22FN3OS. The number of rotatable bonds is 3. The summed E-state index contributed by atoms with van der Waals surface area (Å²) in [5, 5.41) is 5.80. The molecule has 0 atom stereocenters. The molecule has 0 spiro atoms. The summed E-state index contributed by atoms with van der Waals surface area (Å²) in [4.78, 5) is 14.5. The van der Waals surface area contributed by atoms with E-state index in [1.54, 1.807) is 0 Å². The van der Waals surface area contributed by atoms with Gasteiger partial charge in [0.15, 0.2) is 5.11 Å². The van der Waals surface area contributed by atoms with E-state index in [0.29, 0.717) is 5.56 Å². The van der Waals surface area contributed by atoms with Crippen molar-refractivity contribution in [2.24, 2.45) is 5.92 Å². The number of hydrogen-bond donors (Lipinski definition) is 2. The molecule has 3 rings (SSSR count). The molecular weight excluding hydrogens is 349 g/mol. The van der Waals surface area contributed by atoms with Crippen molar-refractivity contribution in [2.75, 3.05) is 23.3 Å². The van der Waals surface area contributed by atoms with E-state index in [9.17, 15) is 9.18 Å². The van der Waals surface area contributed by atoms with E-state index >= 15 is 0 Å². The van der Waals surface area contributed by atoms with Gasteiger partial charge >= 0.3 is 0 Å². The van der Waals surface area contributed by atoms with Crippen molar-refractivity contribution >= 4 is 34.6 Å². The van der Waals surface area contributed by atoms with Crippen LogP contribution in [0.2, 0.25) is 0 Å². The molecule has 1 aliphatic heterocycles. The largest absolute Gasteiger partial charge is 0.372 e. The Morgan fingerprint density at radius 1 is 1.08 bits per heavy atom. The molecule has 0 radical (unpaired) electrons. The molecule has 4 nitrogen and oxygen atoms in total. The molecule has 1 saturated heterocycles. The second-order valence-electron chi connectivity index (χ2n) is 6.63. The SMILES string of the molecule is CC1CCN(c2ccc(NC(=S)NC(=O)c3ccc(F)cc3)cc2)CC1. The highest BCUT2D eigenvalue weighted by atomic mass is 32.1. The van der Waals surface area contributed by atoms with Gasteiger partial charge in [0, 0.05) is 30.0 Å². The van der Waals surface area contributed by atoms with Gasteiger partial charge in [0.2, 0.25) is 0 Å². The number of piperidine rings is 1. The van der Waals surface area contributed by atoms with Crippen LogP contribution < -0.4 is 15.5 Å². The van der Waals surface area contributed by atoms with E-state index in [1.165, 1.54) is 42.8 Å². The smallest absolute Gasteiger partial charge is 0.257 e. The lowest BCUT2D eigenvalue weighted by atomic mass is 9.99. The summed E-state index contributed by atoms with van der Waals surface area (Å²) < 4.78 is 12.9. The zero-order valence-electron chi connectivity index (χ0n) is 14.7. The topological polar surface area (TPSA) is 44.4 Å². The van der Waals surface area contributed by atoms with E-state index in [0.717, 1.165) is 24.7 Å². The Labute approximate surface area is 158 Å². The zero-order chi connectivity index (χ0) is 18.5. The summed E-state index contributed by atoms with van der Waals surface area (Å²) in [7, 11) is 0. The Balaban J connectivity index is 1.54. The van der Waals surface area contributed by atoms with E-state index < -0.39 is 0 Å². The van der Waals surface area contributed by atoms with Crippen LogP contribution in [0.15, 0.2) is 48.5 Å². The van der Waals surface area contributed by atoms with Crippen LogP contribution in [-0.2, 0) is 0 Å². The van der Waals surface area contributed by atoms with Gasteiger partial charge in [-0.15, -0.1) is 0 Å². The van der Waals surface area contributed by atoms with Crippen molar-refractivity contribution in [3.8, 4) is 0 Å². The van der Waals surface area contributed by atoms with Crippen LogP contribution in [0.3, 0.4) is 0 Å². The fourth-order valence-corrected chi connectivity index (χ4v) is 3.17. The Bertz CT molecular complexity index is 769. The molecule has 0 aromatic heterocycles. The first-order valence-electron chi connectivity index (χ1n) is 8.74. The minimum atomic E-state index is -0.384. The number of halogens is 1. The summed E-state index contributed by atoms with van der Waals surface area (Å²) >= 11 is 5.18. The van der Waals surface area contributed by atoms with Gasteiger partial charge in [-0.2, -0.15) is 0 Å². The Morgan fingerprint density at radius 2 is 1.69 bits per heavy atom. The maximum atomic E-state index is 12.9. The Kier molecular flexibility index (Phi) is 5.83. The Morgan fingerprint density at radius 3 is 2.31 bits per heavy atom. The first-order chi connectivity index (χ1) is 12.5. The van der Waals surface area contributed by atoms with E-state index in [2.05, 4.69) is 34.6 Å². The number of benzene rings is 2. The number of nitrogens with zero attached hydrogens (tertiary/aromatic N) is 1. The van der Waals surface area contributed by atoms with Gasteiger partial charge in [-0.25, -0.2) is 4.39 Å². The van der Waals surface area contributed by atoms with E-state index in [1.807, 2.05) is 12.1 Å². The maximum absolute atomic E-state index is 12.9. The second kappa shape index (κ2) is 8.27. The van der Waals surface area contributed by atoms with Gasteiger partial charge in [-0.3, -0.25) is 10.1 Å². The summed E-state index contributed by atoms with van der Waals surface area (Å²) in [6.07, 6.45) is 2.44. The molecule has 0 aliphatic carbocycles. The molecule has 2 N–H and O–H groups in total. The van der Waals surface area contributed by atoms with Gasteiger partial charge in [0.1, 0.15) is 5.82 Å². The number of hydrogen-bond acceptors (Lipinski definition) is 3. The predicted octanol–water partition coefficient (Wildman–Crippen LogP) is 4.19. The number of nitrogens with one attached hydrogen (secondary N) is 2. The fraction of sp³-hybridized carbons (Fsp3) is 0.300. The van der Waals surface area contributed by atoms with Crippen molar-refractivity contribution in [1.82, 2.24) is 5.32 Å². The molecule has 0 bridgehead atoms. The van der Waals surface area contributed by atoms with Crippen LogP contribution in [0, 0.1) is 11.7 Å². The van der Waals surface area contributed by atoms with Crippen molar-refractivity contribution in [1.29, 1.82) is 0 Å². The van der Waals surface area contributed by atoms with Gasteiger partial charge in [0.05, 0.1) is 0 Å². The average Bonchev–Trinajstić information content (AvgIpc) is 2.63. The van der Waals surface area contributed by atoms with Crippen LogP contribution in [0.5, 0.6) is 0 Å². The van der Waals surface area contributed by atoms with Gasteiger partial charge in [-0.1, -0.05) is 6.92 Å². The molecule has 0 saturated carbocycles. The van der Waals surface area contributed by atoms with Crippen LogP contribution in [-0.4, -0.2) is 24.1 Å². The number of carbonyl (C=O) groups is 1. The quantitative estimate of drug-likeness (QED) is 0.794. The molecule has 1 fully saturated rings. The Hall–Kier alpha value is -2.47. The van der Waals surface area contributed by atoms with Crippen LogP contribution in [0.4, 0.5) is 15.8 Å². The molecule has 0 unspecified atom stereocenters. The van der Waals surface area contributed by atoms with Gasteiger partial charge in [0.25, 0.3) is 5.91 Å². The minimum absolute atomic E-state index is 0.207. The number of thiocarbonyl (C=S) groups is 1. The predicted molar refractivity (Wildman–Crippen MR) is 107 cm³/mol. The van der Waals surface area contributed by atoms with Gasteiger partial charge < -0.3 is 10.2 Å². The molecule has 2 aromatic rings. The standard InChI is InChI=1S/C20H22FN3OS/c1-14-10-12-24(13-11-14)18-8-6-17(7-9-18)22-20(26)23-19(25)15-2-4-16(21)5-3-15/h2-9,14H,10-13H2,1H3,(H2,22,23,25,26). The average molecular weight is 371 g/mol. The molecule has 136 valence electrons. The lowest BCUT2D eigenvalue weighted by Gasteiger charge is -2.32. The highest BCUT2D eigenvalue weighted by Gasteiger charge is 2.16. The molecule has 1 aliphatic rings. The van der Waals surface area contributed by atoms with Crippen molar-refractivity contribution < 1.29 is 9.18 Å². The number of carbonyl (C=O) groups excluding carboxylic acids is 1. The van der Waals surface area contributed by atoms with E-state index in [4.69, 9.17) is 12.2 Å². The monoisotopic (exact) mass is 371 g/mol. The zero-order valence-corrected chi connectivity index (χ0v) is 15.5. The maximum Gasteiger partial charge on any atom is 0.257 e. The molecule has 26 heavy (non-hydrogen) atoms. The van der Waals surface area contributed by atoms with Crippen LogP contribution >= 0.6 is 12.2 Å². The summed E-state index contributed by atoms with van der Waals surface area (Å²) in [6.45, 7) is 4.46.